The van der Waals surface area contributed by atoms with E-state index in [1.54, 1.807) is 10.6 Å². The minimum absolute atomic E-state index is 0.107. The van der Waals surface area contributed by atoms with E-state index in [0.29, 0.717) is 27.0 Å². The largest absolute Gasteiger partial charge is 0.454 e. The van der Waals surface area contributed by atoms with E-state index in [9.17, 15) is 8.42 Å². The van der Waals surface area contributed by atoms with Gasteiger partial charge in [-0.2, -0.15) is 0 Å². The standard InChI is InChI=1S/C19H18N6O4S2/c1-3-12-6-4-5-7-13(12)18-28-10-14(29-18)30-19-24-15-16(20)22-11-23-17(15)25(19)8-9-31(26,27)21-2/h1,4-7,10-11,18,21H,8-9H2,2H3,(H2,20,22,23). The fourth-order valence-corrected chi connectivity index (χ4v) is 4.39. The molecule has 12 heteroatoms. The Bertz CT molecular complexity index is 1310. The topological polar surface area (TPSA) is 134 Å². The van der Waals surface area contributed by atoms with Crippen LogP contribution in [0.15, 0.2) is 47.1 Å². The minimum atomic E-state index is -3.44. The van der Waals surface area contributed by atoms with Crippen LogP contribution in [-0.4, -0.2) is 40.7 Å². The lowest BCUT2D eigenvalue weighted by Crippen LogP contribution is -2.25. The number of benzene rings is 1. The van der Waals surface area contributed by atoms with Crippen LogP contribution in [0.25, 0.3) is 11.2 Å². The zero-order valence-electron chi connectivity index (χ0n) is 16.3. The molecule has 0 bridgehead atoms. The van der Waals surface area contributed by atoms with Crippen LogP contribution < -0.4 is 10.5 Å². The van der Waals surface area contributed by atoms with Crippen molar-refractivity contribution in [1.82, 2.24) is 24.2 Å². The van der Waals surface area contributed by atoms with Gasteiger partial charge < -0.3 is 19.8 Å². The molecule has 4 rings (SSSR count). The van der Waals surface area contributed by atoms with Gasteiger partial charge in [0.05, 0.1) is 5.75 Å². The molecule has 1 unspecified atom stereocenters. The Morgan fingerprint density at radius 1 is 1.35 bits per heavy atom. The number of nitrogens with one attached hydrogen (secondary N) is 1. The van der Waals surface area contributed by atoms with Crippen LogP contribution in [0.5, 0.6) is 0 Å². The summed E-state index contributed by atoms with van der Waals surface area (Å²) < 4.78 is 39.3. The van der Waals surface area contributed by atoms with Gasteiger partial charge >= 0.3 is 0 Å². The molecule has 0 aliphatic carbocycles. The molecule has 1 aliphatic rings. The smallest absolute Gasteiger partial charge is 0.269 e. The zero-order valence-corrected chi connectivity index (χ0v) is 18.0. The molecule has 160 valence electrons. The van der Waals surface area contributed by atoms with E-state index in [0.717, 1.165) is 17.3 Å². The van der Waals surface area contributed by atoms with Gasteiger partial charge in [0, 0.05) is 17.7 Å². The van der Waals surface area contributed by atoms with Crippen molar-refractivity contribution in [2.24, 2.45) is 0 Å². The van der Waals surface area contributed by atoms with E-state index >= 15 is 0 Å². The average Bonchev–Trinajstić information content (AvgIpc) is 3.38. The highest BCUT2D eigenvalue weighted by molar-refractivity contribution is 8.02. The average molecular weight is 459 g/mol. The van der Waals surface area contributed by atoms with Gasteiger partial charge in [0.1, 0.15) is 12.6 Å². The molecule has 3 aromatic rings. The number of thioether (sulfide) groups is 1. The summed E-state index contributed by atoms with van der Waals surface area (Å²) in [6.07, 6.45) is 7.63. The summed E-state index contributed by atoms with van der Waals surface area (Å²) in [6.45, 7) is 0.107. The first kappa shape index (κ1) is 21.0. The molecule has 0 fully saturated rings. The van der Waals surface area contributed by atoms with Crippen LogP contribution in [0.4, 0.5) is 5.82 Å². The molecule has 0 spiro atoms. The number of anilines is 1. The van der Waals surface area contributed by atoms with Crippen LogP contribution in [-0.2, 0) is 26.0 Å². The lowest BCUT2D eigenvalue weighted by molar-refractivity contribution is -0.0275. The maximum absolute atomic E-state index is 11.9. The number of aryl methyl sites for hydroxylation is 1. The number of nitrogens with two attached hydrogens (primary N) is 1. The highest BCUT2D eigenvalue weighted by atomic mass is 32.2. The molecule has 1 atom stereocenters. The third-order valence-corrected chi connectivity index (χ3v) is 6.72. The van der Waals surface area contributed by atoms with Crippen molar-refractivity contribution < 1.29 is 17.9 Å². The number of imidazole rings is 1. The van der Waals surface area contributed by atoms with Gasteiger partial charge in [0.15, 0.2) is 22.1 Å². The predicted octanol–water partition coefficient (Wildman–Crippen LogP) is 1.58. The van der Waals surface area contributed by atoms with Crippen molar-refractivity contribution in [3.8, 4) is 12.3 Å². The molecule has 10 nitrogen and oxygen atoms in total. The highest BCUT2D eigenvalue weighted by Gasteiger charge is 2.27. The van der Waals surface area contributed by atoms with Crippen LogP contribution in [0.1, 0.15) is 17.4 Å². The summed E-state index contributed by atoms with van der Waals surface area (Å²) in [4.78, 5) is 12.7. The summed E-state index contributed by atoms with van der Waals surface area (Å²) in [5.41, 5.74) is 8.12. The fourth-order valence-electron chi connectivity index (χ4n) is 2.91. The van der Waals surface area contributed by atoms with Crippen molar-refractivity contribution in [3.63, 3.8) is 0 Å². The number of nitrogen functional groups attached to an aromatic ring is 1. The van der Waals surface area contributed by atoms with E-state index in [-0.39, 0.29) is 18.1 Å². The minimum Gasteiger partial charge on any atom is -0.454 e. The van der Waals surface area contributed by atoms with Crippen LogP contribution in [0, 0.1) is 12.3 Å². The maximum atomic E-state index is 11.9. The quantitative estimate of drug-likeness (QED) is 0.506. The Labute approximate surface area is 182 Å². The van der Waals surface area contributed by atoms with Crippen molar-refractivity contribution >= 4 is 38.8 Å². The van der Waals surface area contributed by atoms with E-state index in [2.05, 4.69) is 25.6 Å². The molecule has 0 saturated carbocycles. The molecule has 0 radical (unpaired) electrons. The van der Waals surface area contributed by atoms with E-state index in [1.165, 1.54) is 19.6 Å². The molecule has 1 aliphatic heterocycles. The Kier molecular flexibility index (Phi) is 5.73. The van der Waals surface area contributed by atoms with E-state index < -0.39 is 16.3 Å². The van der Waals surface area contributed by atoms with Gasteiger partial charge in [-0.1, -0.05) is 24.1 Å². The number of hydrogen-bond donors (Lipinski definition) is 2. The molecular weight excluding hydrogens is 440 g/mol. The second kappa shape index (κ2) is 8.46. The number of fused-ring (bicyclic) bond motifs is 1. The van der Waals surface area contributed by atoms with Crippen molar-refractivity contribution in [3.05, 3.63) is 53.1 Å². The summed E-state index contributed by atoms with van der Waals surface area (Å²) in [5, 5.41) is 0.866. The molecule has 31 heavy (non-hydrogen) atoms. The molecule has 3 heterocycles. The summed E-state index contributed by atoms with van der Waals surface area (Å²) >= 11 is 1.16. The van der Waals surface area contributed by atoms with Crippen LogP contribution in [0.2, 0.25) is 0 Å². The number of ether oxygens (including phenoxy) is 2. The second-order valence-corrected chi connectivity index (χ2v) is 9.37. The third-order valence-electron chi connectivity index (χ3n) is 4.49. The molecule has 2 aromatic heterocycles. The summed E-state index contributed by atoms with van der Waals surface area (Å²) in [6, 6.07) is 7.31. The SMILES string of the molecule is C#Cc1ccccc1C1OC=C(Sc2nc3c(N)ncnc3n2CCS(=O)(=O)NC)O1. The monoisotopic (exact) mass is 458 g/mol. The van der Waals surface area contributed by atoms with E-state index in [4.69, 9.17) is 21.6 Å². The first-order chi connectivity index (χ1) is 14.9. The Hall–Kier alpha value is -3.27. The maximum Gasteiger partial charge on any atom is 0.269 e. The van der Waals surface area contributed by atoms with Crippen molar-refractivity contribution in [1.29, 1.82) is 0 Å². The van der Waals surface area contributed by atoms with Gasteiger partial charge in [-0.05, 0) is 24.9 Å². The van der Waals surface area contributed by atoms with Crippen LogP contribution >= 0.6 is 11.8 Å². The zero-order chi connectivity index (χ0) is 22.0. The predicted molar refractivity (Wildman–Crippen MR) is 116 cm³/mol. The van der Waals surface area contributed by atoms with Crippen LogP contribution in [0.3, 0.4) is 0 Å². The van der Waals surface area contributed by atoms with Crippen molar-refractivity contribution in [2.75, 3.05) is 18.5 Å². The molecule has 0 amide bonds. The molecule has 1 aromatic carbocycles. The lowest BCUT2D eigenvalue weighted by Gasteiger charge is -2.13. The number of hydrogen-bond acceptors (Lipinski definition) is 9. The first-order valence-corrected chi connectivity index (χ1v) is 11.5. The number of nitrogens with zero attached hydrogens (tertiary/aromatic N) is 4. The number of rotatable bonds is 7. The molecule has 3 N–H and O–H groups in total. The number of terminal acetylenes is 1. The molecular formula is C19H18N6O4S2. The van der Waals surface area contributed by atoms with Gasteiger partial charge in [-0.15, -0.1) is 6.42 Å². The fraction of sp³-hybridized carbons (Fsp3) is 0.211. The lowest BCUT2D eigenvalue weighted by atomic mass is 10.1. The number of aromatic nitrogens is 4. The van der Waals surface area contributed by atoms with Crippen molar-refractivity contribution in [2.45, 2.75) is 18.0 Å². The Morgan fingerprint density at radius 2 is 2.16 bits per heavy atom. The van der Waals surface area contributed by atoms with Gasteiger partial charge in [0.25, 0.3) is 6.29 Å². The normalized spacial score (nSPS) is 15.9. The Morgan fingerprint density at radius 3 is 2.94 bits per heavy atom. The first-order valence-electron chi connectivity index (χ1n) is 9.05. The van der Waals surface area contributed by atoms with Gasteiger partial charge in [0.2, 0.25) is 15.1 Å². The summed E-state index contributed by atoms with van der Waals surface area (Å²) in [5.74, 6) is 2.64. The Balaban J connectivity index is 1.60. The number of sulfonamides is 1. The highest BCUT2D eigenvalue weighted by Crippen LogP contribution is 2.39. The molecule has 0 saturated heterocycles. The van der Waals surface area contributed by atoms with Gasteiger partial charge in [-0.3, -0.25) is 0 Å². The third kappa shape index (κ3) is 4.29. The summed E-state index contributed by atoms with van der Waals surface area (Å²) in [7, 11) is -2.08. The van der Waals surface area contributed by atoms with E-state index in [1.807, 2.05) is 18.2 Å². The van der Waals surface area contributed by atoms with Gasteiger partial charge in [-0.25, -0.2) is 28.1 Å². The second-order valence-electron chi connectivity index (χ2n) is 6.36.